The third kappa shape index (κ3) is 3.44. The summed E-state index contributed by atoms with van der Waals surface area (Å²) in [5.41, 5.74) is 3.31. The molecule has 1 aromatic heterocycles. The van der Waals surface area contributed by atoms with E-state index in [0.29, 0.717) is 5.95 Å². The molecule has 1 aromatic carbocycles. The van der Waals surface area contributed by atoms with Crippen LogP contribution in [0.4, 0.5) is 17.5 Å². The molecule has 0 amide bonds. The zero-order valence-electron chi connectivity index (χ0n) is 11.7. The van der Waals surface area contributed by atoms with Crippen LogP contribution < -0.4 is 10.6 Å². The van der Waals surface area contributed by atoms with Gasteiger partial charge in [0.1, 0.15) is 5.82 Å². The largest absolute Gasteiger partial charge is 0.354 e. The van der Waals surface area contributed by atoms with Gasteiger partial charge in [-0.15, -0.1) is 0 Å². The summed E-state index contributed by atoms with van der Waals surface area (Å²) in [7, 11) is 0. The third-order valence-corrected chi connectivity index (χ3v) is 2.90. The van der Waals surface area contributed by atoms with Crippen LogP contribution in [0.2, 0.25) is 0 Å². The first-order chi connectivity index (χ1) is 9.20. The number of rotatable bonds is 5. The predicted molar refractivity (Wildman–Crippen MR) is 80.0 cm³/mol. The molecule has 2 N–H and O–H groups in total. The molecule has 0 saturated carbocycles. The minimum absolute atomic E-state index is 0.670. The first kappa shape index (κ1) is 13.3. The van der Waals surface area contributed by atoms with Crippen LogP contribution in [0.25, 0.3) is 0 Å². The van der Waals surface area contributed by atoms with Gasteiger partial charge in [-0.25, -0.2) is 4.98 Å². The lowest BCUT2D eigenvalue weighted by Gasteiger charge is -2.12. The smallest absolute Gasteiger partial charge is 0.224 e. The highest BCUT2D eigenvalue weighted by atomic mass is 15.1. The van der Waals surface area contributed by atoms with Crippen LogP contribution in [0.1, 0.15) is 24.5 Å². The van der Waals surface area contributed by atoms with E-state index in [4.69, 9.17) is 0 Å². The Bertz CT molecular complexity index is 552. The van der Waals surface area contributed by atoms with Crippen molar-refractivity contribution < 1.29 is 0 Å². The maximum absolute atomic E-state index is 4.51. The molecule has 2 aromatic rings. The van der Waals surface area contributed by atoms with Crippen LogP contribution in [0.3, 0.4) is 0 Å². The molecule has 4 heteroatoms. The molecule has 0 spiro atoms. The zero-order chi connectivity index (χ0) is 13.7. The van der Waals surface area contributed by atoms with Gasteiger partial charge in [-0.2, -0.15) is 4.98 Å². The fourth-order valence-corrected chi connectivity index (χ4v) is 1.73. The first-order valence-electron chi connectivity index (χ1n) is 6.61. The van der Waals surface area contributed by atoms with E-state index < -0.39 is 0 Å². The van der Waals surface area contributed by atoms with E-state index in [1.54, 1.807) is 0 Å². The average molecular weight is 256 g/mol. The molecule has 0 unspecified atom stereocenters. The number of aromatic nitrogens is 2. The van der Waals surface area contributed by atoms with Gasteiger partial charge in [0.25, 0.3) is 0 Å². The van der Waals surface area contributed by atoms with E-state index in [-0.39, 0.29) is 0 Å². The summed E-state index contributed by atoms with van der Waals surface area (Å²) in [5.74, 6) is 1.52. The Hall–Kier alpha value is -2.10. The molecule has 1 heterocycles. The maximum Gasteiger partial charge on any atom is 0.224 e. The number of aryl methyl sites for hydroxylation is 2. The van der Waals surface area contributed by atoms with Gasteiger partial charge < -0.3 is 10.6 Å². The molecule has 0 aliphatic carbocycles. The highest BCUT2D eigenvalue weighted by molar-refractivity contribution is 5.63. The fraction of sp³-hybridized carbons (Fsp3) is 0.333. The summed E-state index contributed by atoms with van der Waals surface area (Å²) in [5, 5.41) is 6.57. The lowest BCUT2D eigenvalue weighted by Crippen LogP contribution is -2.07. The molecule has 0 bridgehead atoms. The summed E-state index contributed by atoms with van der Waals surface area (Å²) in [6.07, 6.45) is 2.89. The van der Waals surface area contributed by atoms with Gasteiger partial charge >= 0.3 is 0 Å². The Kier molecular flexibility index (Phi) is 4.34. The van der Waals surface area contributed by atoms with Gasteiger partial charge in [0.05, 0.1) is 0 Å². The second-order valence-corrected chi connectivity index (χ2v) is 4.59. The molecule has 4 nitrogen and oxygen atoms in total. The monoisotopic (exact) mass is 256 g/mol. The lowest BCUT2D eigenvalue weighted by molar-refractivity contribution is 0.950. The molecular weight excluding hydrogens is 236 g/mol. The minimum atomic E-state index is 0.670. The van der Waals surface area contributed by atoms with Crippen molar-refractivity contribution in [2.45, 2.75) is 27.2 Å². The number of hydrogen-bond acceptors (Lipinski definition) is 4. The Balaban J connectivity index is 2.21. The van der Waals surface area contributed by atoms with Gasteiger partial charge in [0.15, 0.2) is 0 Å². The van der Waals surface area contributed by atoms with Crippen LogP contribution in [-0.2, 0) is 0 Å². The van der Waals surface area contributed by atoms with Gasteiger partial charge in [-0.3, -0.25) is 0 Å². The minimum Gasteiger partial charge on any atom is -0.354 e. The summed E-state index contributed by atoms with van der Waals surface area (Å²) in [6.45, 7) is 7.08. The van der Waals surface area contributed by atoms with Crippen molar-refractivity contribution in [3.8, 4) is 0 Å². The summed E-state index contributed by atoms with van der Waals surface area (Å²) < 4.78 is 0. The molecule has 0 fully saturated rings. The van der Waals surface area contributed by atoms with Crippen LogP contribution in [0.5, 0.6) is 0 Å². The van der Waals surface area contributed by atoms with Crippen molar-refractivity contribution in [3.63, 3.8) is 0 Å². The number of hydrogen-bond donors (Lipinski definition) is 2. The van der Waals surface area contributed by atoms with Gasteiger partial charge in [-0.1, -0.05) is 25.1 Å². The van der Waals surface area contributed by atoms with Crippen molar-refractivity contribution in [2.24, 2.45) is 0 Å². The lowest BCUT2D eigenvalue weighted by atomic mass is 10.2. The van der Waals surface area contributed by atoms with Crippen molar-refractivity contribution in [1.82, 2.24) is 9.97 Å². The van der Waals surface area contributed by atoms with E-state index >= 15 is 0 Å². The fourth-order valence-electron chi connectivity index (χ4n) is 1.73. The highest BCUT2D eigenvalue weighted by Crippen LogP contribution is 2.21. The van der Waals surface area contributed by atoms with Crippen molar-refractivity contribution in [2.75, 3.05) is 17.2 Å². The van der Waals surface area contributed by atoms with Crippen molar-refractivity contribution >= 4 is 17.5 Å². The van der Waals surface area contributed by atoms with Crippen molar-refractivity contribution in [3.05, 3.63) is 41.6 Å². The zero-order valence-corrected chi connectivity index (χ0v) is 11.7. The van der Waals surface area contributed by atoms with Gasteiger partial charge in [0.2, 0.25) is 5.95 Å². The van der Waals surface area contributed by atoms with E-state index in [1.807, 2.05) is 25.3 Å². The average Bonchev–Trinajstić information content (AvgIpc) is 2.42. The molecule has 0 radical (unpaired) electrons. The standard InChI is InChI=1S/C15H20N4/c1-4-9-16-15-17-10-12(3)14(19-15)18-13-8-6-5-7-11(13)2/h5-8,10H,4,9H2,1-3H3,(H2,16,17,18,19). The van der Waals surface area contributed by atoms with E-state index in [0.717, 1.165) is 30.0 Å². The Morgan fingerprint density at radius 3 is 2.63 bits per heavy atom. The number of benzene rings is 1. The molecule has 2 rings (SSSR count). The molecule has 0 aliphatic rings. The Morgan fingerprint density at radius 2 is 1.89 bits per heavy atom. The topological polar surface area (TPSA) is 49.8 Å². The molecule has 0 atom stereocenters. The summed E-state index contributed by atoms with van der Waals surface area (Å²) >= 11 is 0. The second kappa shape index (κ2) is 6.18. The second-order valence-electron chi connectivity index (χ2n) is 4.59. The number of para-hydroxylation sites is 1. The quantitative estimate of drug-likeness (QED) is 0.857. The summed E-state index contributed by atoms with van der Waals surface area (Å²) in [4.78, 5) is 8.79. The predicted octanol–water partition coefficient (Wildman–Crippen LogP) is 3.66. The van der Waals surface area contributed by atoms with Crippen LogP contribution in [-0.4, -0.2) is 16.5 Å². The number of nitrogens with one attached hydrogen (secondary N) is 2. The molecule has 0 saturated heterocycles. The summed E-state index contributed by atoms with van der Waals surface area (Å²) in [6, 6.07) is 8.18. The Morgan fingerprint density at radius 1 is 1.11 bits per heavy atom. The van der Waals surface area contributed by atoms with E-state index in [9.17, 15) is 0 Å². The maximum atomic E-state index is 4.51. The van der Waals surface area contributed by atoms with Crippen LogP contribution >= 0.6 is 0 Å². The van der Waals surface area contributed by atoms with Crippen LogP contribution in [0, 0.1) is 13.8 Å². The SMILES string of the molecule is CCCNc1ncc(C)c(Nc2ccccc2C)n1. The highest BCUT2D eigenvalue weighted by Gasteiger charge is 2.05. The molecule has 0 aliphatic heterocycles. The van der Waals surface area contributed by atoms with E-state index in [2.05, 4.69) is 46.6 Å². The van der Waals surface area contributed by atoms with Crippen LogP contribution in [0.15, 0.2) is 30.5 Å². The number of nitrogens with zero attached hydrogens (tertiary/aromatic N) is 2. The Labute approximate surface area is 114 Å². The van der Waals surface area contributed by atoms with Gasteiger partial charge in [-0.05, 0) is 31.9 Å². The van der Waals surface area contributed by atoms with Gasteiger partial charge in [0, 0.05) is 24.0 Å². The molecule has 19 heavy (non-hydrogen) atoms. The molecular formula is C15H20N4. The number of anilines is 3. The van der Waals surface area contributed by atoms with Crippen molar-refractivity contribution in [1.29, 1.82) is 0 Å². The molecule has 100 valence electrons. The third-order valence-electron chi connectivity index (χ3n) is 2.90. The van der Waals surface area contributed by atoms with E-state index in [1.165, 1.54) is 5.56 Å². The first-order valence-corrected chi connectivity index (χ1v) is 6.61. The normalized spacial score (nSPS) is 10.3.